The van der Waals surface area contributed by atoms with Gasteiger partial charge in [0, 0.05) is 42.7 Å². The lowest BCUT2D eigenvalue weighted by Crippen LogP contribution is -2.18. The van der Waals surface area contributed by atoms with E-state index in [0.29, 0.717) is 29.9 Å². The van der Waals surface area contributed by atoms with Crippen LogP contribution in [0.4, 0.5) is 5.69 Å². The van der Waals surface area contributed by atoms with Crippen LogP contribution in [0.1, 0.15) is 23.7 Å². The SMILES string of the molecule is CCn1cc(NCc2c(CO)cnc(C)c2O)ccc1=O. The molecule has 2 rings (SSSR count). The summed E-state index contributed by atoms with van der Waals surface area (Å²) in [7, 11) is 0. The van der Waals surface area contributed by atoms with E-state index in [4.69, 9.17) is 0 Å². The summed E-state index contributed by atoms with van der Waals surface area (Å²) < 4.78 is 1.59. The molecule has 0 spiro atoms. The Morgan fingerprint density at radius 2 is 2.14 bits per heavy atom. The summed E-state index contributed by atoms with van der Waals surface area (Å²) in [5.74, 6) is 0.0814. The van der Waals surface area contributed by atoms with Crippen molar-refractivity contribution in [3.8, 4) is 5.75 Å². The van der Waals surface area contributed by atoms with Crippen LogP contribution in [0.3, 0.4) is 0 Å². The standard InChI is InChI=1S/C15H19N3O3/c1-3-18-8-12(4-5-14(18)20)17-7-13-11(9-19)6-16-10(2)15(13)21/h4-6,8,17,19,21H,3,7,9H2,1-2H3. The molecule has 0 saturated heterocycles. The third-order valence-electron chi connectivity index (χ3n) is 3.39. The highest BCUT2D eigenvalue weighted by Crippen LogP contribution is 2.24. The fourth-order valence-corrected chi connectivity index (χ4v) is 2.09. The molecule has 0 fully saturated rings. The normalized spacial score (nSPS) is 10.6. The smallest absolute Gasteiger partial charge is 0.250 e. The summed E-state index contributed by atoms with van der Waals surface area (Å²) in [6.45, 7) is 4.35. The van der Waals surface area contributed by atoms with E-state index in [1.54, 1.807) is 30.0 Å². The Kier molecular flexibility index (Phi) is 4.59. The molecule has 21 heavy (non-hydrogen) atoms. The third-order valence-corrected chi connectivity index (χ3v) is 3.39. The van der Waals surface area contributed by atoms with Crippen LogP contribution in [-0.2, 0) is 19.7 Å². The first-order valence-electron chi connectivity index (χ1n) is 6.78. The molecule has 2 heterocycles. The molecule has 2 aromatic heterocycles. The van der Waals surface area contributed by atoms with Crippen LogP contribution in [0, 0.1) is 6.92 Å². The third kappa shape index (κ3) is 3.22. The Bertz CT molecular complexity index is 695. The average Bonchev–Trinajstić information content (AvgIpc) is 2.50. The molecule has 0 amide bonds. The van der Waals surface area contributed by atoms with Crippen molar-refractivity contribution in [2.75, 3.05) is 5.32 Å². The van der Waals surface area contributed by atoms with E-state index in [9.17, 15) is 15.0 Å². The minimum absolute atomic E-state index is 0.0540. The highest BCUT2D eigenvalue weighted by Gasteiger charge is 2.11. The monoisotopic (exact) mass is 289 g/mol. The molecule has 0 radical (unpaired) electrons. The number of anilines is 1. The van der Waals surface area contributed by atoms with Gasteiger partial charge < -0.3 is 20.1 Å². The van der Waals surface area contributed by atoms with Gasteiger partial charge in [-0.2, -0.15) is 0 Å². The number of nitrogens with zero attached hydrogens (tertiary/aromatic N) is 2. The summed E-state index contributed by atoms with van der Waals surface area (Å²) in [5.41, 5.74) is 2.42. The van der Waals surface area contributed by atoms with Gasteiger partial charge in [-0.1, -0.05) is 0 Å². The summed E-state index contributed by atoms with van der Waals surface area (Å²) in [4.78, 5) is 15.6. The van der Waals surface area contributed by atoms with E-state index in [-0.39, 0.29) is 17.9 Å². The Balaban J connectivity index is 2.24. The molecule has 0 aliphatic carbocycles. The molecule has 0 aliphatic rings. The second kappa shape index (κ2) is 6.41. The summed E-state index contributed by atoms with van der Waals surface area (Å²) in [5, 5.41) is 22.5. The maximum Gasteiger partial charge on any atom is 0.250 e. The first-order chi connectivity index (χ1) is 10.1. The van der Waals surface area contributed by atoms with Gasteiger partial charge in [-0.3, -0.25) is 9.78 Å². The van der Waals surface area contributed by atoms with Gasteiger partial charge in [-0.25, -0.2) is 0 Å². The Morgan fingerprint density at radius 3 is 2.81 bits per heavy atom. The van der Waals surface area contributed by atoms with Gasteiger partial charge in [-0.15, -0.1) is 0 Å². The maximum atomic E-state index is 11.5. The van der Waals surface area contributed by atoms with Crippen LogP contribution in [0.2, 0.25) is 0 Å². The molecule has 0 unspecified atom stereocenters. The Hall–Kier alpha value is -2.34. The number of aromatic hydroxyl groups is 1. The second-order valence-electron chi connectivity index (χ2n) is 4.75. The van der Waals surface area contributed by atoms with Gasteiger partial charge in [0.2, 0.25) is 0 Å². The van der Waals surface area contributed by atoms with Gasteiger partial charge >= 0.3 is 0 Å². The topological polar surface area (TPSA) is 87.4 Å². The summed E-state index contributed by atoms with van der Waals surface area (Å²) in [6.07, 6.45) is 3.28. The number of pyridine rings is 2. The summed E-state index contributed by atoms with van der Waals surface area (Å²) >= 11 is 0. The minimum atomic E-state index is -0.188. The second-order valence-corrected chi connectivity index (χ2v) is 4.75. The molecule has 0 bridgehead atoms. The molecule has 0 atom stereocenters. The fourth-order valence-electron chi connectivity index (χ4n) is 2.09. The van der Waals surface area contributed by atoms with Crippen LogP contribution in [0.15, 0.2) is 29.3 Å². The number of aliphatic hydroxyl groups excluding tert-OH is 1. The van der Waals surface area contributed by atoms with Crippen molar-refractivity contribution < 1.29 is 10.2 Å². The van der Waals surface area contributed by atoms with Crippen LogP contribution in [0.5, 0.6) is 5.75 Å². The van der Waals surface area contributed by atoms with E-state index in [1.165, 1.54) is 6.07 Å². The number of nitrogens with one attached hydrogen (secondary N) is 1. The van der Waals surface area contributed by atoms with Gasteiger partial charge in [0.05, 0.1) is 18.0 Å². The van der Waals surface area contributed by atoms with Gasteiger partial charge in [0.1, 0.15) is 5.75 Å². The Morgan fingerprint density at radius 1 is 1.38 bits per heavy atom. The molecule has 0 aromatic carbocycles. The number of aromatic nitrogens is 2. The first-order valence-corrected chi connectivity index (χ1v) is 6.78. The lowest BCUT2D eigenvalue weighted by atomic mass is 10.1. The molecular weight excluding hydrogens is 270 g/mol. The largest absolute Gasteiger partial charge is 0.506 e. The molecule has 112 valence electrons. The molecule has 0 saturated carbocycles. The van der Waals surface area contributed by atoms with E-state index in [0.717, 1.165) is 5.69 Å². The van der Waals surface area contributed by atoms with E-state index < -0.39 is 0 Å². The fraction of sp³-hybridized carbons (Fsp3) is 0.333. The van der Waals surface area contributed by atoms with Crippen molar-refractivity contribution in [2.24, 2.45) is 0 Å². The molecule has 6 nitrogen and oxygen atoms in total. The minimum Gasteiger partial charge on any atom is -0.506 e. The predicted octanol–water partition coefficient (Wildman–Crippen LogP) is 1.38. The van der Waals surface area contributed by atoms with Crippen molar-refractivity contribution in [2.45, 2.75) is 33.5 Å². The maximum absolute atomic E-state index is 11.5. The Labute approximate surface area is 122 Å². The van der Waals surface area contributed by atoms with Gasteiger partial charge in [-0.05, 0) is 19.9 Å². The number of aliphatic hydroxyl groups is 1. The number of aryl methyl sites for hydroxylation is 2. The molecule has 0 aliphatic heterocycles. The van der Waals surface area contributed by atoms with Crippen LogP contribution < -0.4 is 10.9 Å². The van der Waals surface area contributed by atoms with Crippen LogP contribution in [-0.4, -0.2) is 19.8 Å². The number of hydrogen-bond donors (Lipinski definition) is 3. The zero-order valence-electron chi connectivity index (χ0n) is 12.1. The lowest BCUT2D eigenvalue weighted by molar-refractivity contribution is 0.279. The predicted molar refractivity (Wildman–Crippen MR) is 80.3 cm³/mol. The average molecular weight is 289 g/mol. The molecule has 3 N–H and O–H groups in total. The molecule has 2 aromatic rings. The van der Waals surface area contributed by atoms with E-state index >= 15 is 0 Å². The van der Waals surface area contributed by atoms with Crippen molar-refractivity contribution in [1.82, 2.24) is 9.55 Å². The van der Waals surface area contributed by atoms with Crippen molar-refractivity contribution in [1.29, 1.82) is 0 Å². The number of hydrogen-bond acceptors (Lipinski definition) is 5. The summed E-state index contributed by atoms with van der Waals surface area (Å²) in [6, 6.07) is 3.19. The first kappa shape index (κ1) is 15.1. The zero-order chi connectivity index (χ0) is 15.4. The highest BCUT2D eigenvalue weighted by molar-refractivity contribution is 5.46. The molecule has 6 heteroatoms. The van der Waals surface area contributed by atoms with Gasteiger partial charge in [0.15, 0.2) is 0 Å². The van der Waals surface area contributed by atoms with Crippen molar-refractivity contribution in [3.05, 3.63) is 51.7 Å². The van der Waals surface area contributed by atoms with Gasteiger partial charge in [0.25, 0.3) is 5.56 Å². The highest BCUT2D eigenvalue weighted by atomic mass is 16.3. The van der Waals surface area contributed by atoms with E-state index in [1.807, 2.05) is 6.92 Å². The number of rotatable bonds is 5. The van der Waals surface area contributed by atoms with Crippen LogP contribution >= 0.6 is 0 Å². The van der Waals surface area contributed by atoms with Crippen molar-refractivity contribution >= 4 is 5.69 Å². The van der Waals surface area contributed by atoms with E-state index in [2.05, 4.69) is 10.3 Å². The lowest BCUT2D eigenvalue weighted by Gasteiger charge is -2.13. The molecular formula is C15H19N3O3. The van der Waals surface area contributed by atoms with Crippen LogP contribution in [0.25, 0.3) is 0 Å². The zero-order valence-corrected chi connectivity index (χ0v) is 12.1. The quantitative estimate of drug-likeness (QED) is 0.774. The van der Waals surface area contributed by atoms with Crippen molar-refractivity contribution in [3.63, 3.8) is 0 Å².